The van der Waals surface area contributed by atoms with Gasteiger partial charge in [-0.2, -0.15) is 0 Å². The van der Waals surface area contributed by atoms with Crippen LogP contribution in [0.1, 0.15) is 0 Å². The maximum Gasteiger partial charge on any atom is 0.203 e. The lowest BCUT2D eigenvalue weighted by Gasteiger charge is -2.06. The number of nitrogens with two attached hydrogens (primary N) is 1. The standard InChI is InChI=1S/C9H8BrN3OS/c1-14-7-5(3-2-4-6(7)10)8-12-13-9(11)15-8/h2-4H,1H3,(H2,11,13). The number of nitrogen functional groups attached to an aromatic ring is 1. The summed E-state index contributed by atoms with van der Waals surface area (Å²) in [6.07, 6.45) is 0. The molecule has 2 aromatic rings. The fraction of sp³-hybridized carbons (Fsp3) is 0.111. The lowest BCUT2D eigenvalue weighted by Crippen LogP contribution is -1.88. The van der Waals surface area contributed by atoms with Crippen molar-refractivity contribution < 1.29 is 4.74 Å². The molecule has 0 atom stereocenters. The van der Waals surface area contributed by atoms with E-state index in [1.54, 1.807) is 7.11 Å². The van der Waals surface area contributed by atoms with Crippen molar-refractivity contribution in [3.8, 4) is 16.3 Å². The van der Waals surface area contributed by atoms with E-state index in [-0.39, 0.29) is 0 Å². The minimum absolute atomic E-state index is 0.451. The number of aromatic nitrogens is 2. The van der Waals surface area contributed by atoms with Crippen LogP contribution in [-0.2, 0) is 0 Å². The third-order valence-electron chi connectivity index (χ3n) is 1.84. The molecular formula is C9H8BrN3OS. The van der Waals surface area contributed by atoms with Gasteiger partial charge in [0.15, 0.2) is 5.01 Å². The van der Waals surface area contributed by atoms with Crippen LogP contribution in [-0.4, -0.2) is 17.3 Å². The molecule has 0 radical (unpaired) electrons. The molecule has 1 heterocycles. The van der Waals surface area contributed by atoms with Gasteiger partial charge in [0.1, 0.15) is 5.75 Å². The van der Waals surface area contributed by atoms with Gasteiger partial charge in [0.25, 0.3) is 0 Å². The molecule has 0 saturated carbocycles. The first-order chi connectivity index (χ1) is 7.22. The highest BCUT2D eigenvalue weighted by atomic mass is 79.9. The number of anilines is 1. The van der Waals surface area contributed by atoms with Gasteiger partial charge in [-0.15, -0.1) is 10.2 Å². The molecule has 6 heteroatoms. The molecule has 1 aromatic carbocycles. The van der Waals surface area contributed by atoms with Crippen molar-refractivity contribution in [2.24, 2.45) is 0 Å². The number of ether oxygens (including phenoxy) is 1. The second kappa shape index (κ2) is 4.16. The van der Waals surface area contributed by atoms with Crippen LogP contribution in [0.2, 0.25) is 0 Å². The topological polar surface area (TPSA) is 61.0 Å². The molecule has 4 nitrogen and oxygen atoms in total. The Labute approximate surface area is 99.2 Å². The number of nitrogens with zero attached hydrogens (tertiary/aromatic N) is 2. The SMILES string of the molecule is COc1c(Br)cccc1-c1nnc(N)s1. The van der Waals surface area contributed by atoms with Crippen LogP contribution in [0.3, 0.4) is 0 Å². The Bertz CT molecular complexity index is 486. The molecule has 0 aliphatic heterocycles. The van der Waals surface area contributed by atoms with Gasteiger partial charge in [-0.25, -0.2) is 0 Å². The van der Waals surface area contributed by atoms with Crippen molar-refractivity contribution >= 4 is 32.4 Å². The van der Waals surface area contributed by atoms with Crippen molar-refractivity contribution in [2.45, 2.75) is 0 Å². The van der Waals surface area contributed by atoms with E-state index in [1.807, 2.05) is 18.2 Å². The molecule has 2 N–H and O–H groups in total. The first kappa shape index (κ1) is 10.4. The monoisotopic (exact) mass is 285 g/mol. The fourth-order valence-corrected chi connectivity index (χ4v) is 2.39. The average molecular weight is 286 g/mol. The number of hydrogen-bond donors (Lipinski definition) is 1. The Morgan fingerprint density at radius 3 is 2.80 bits per heavy atom. The van der Waals surface area contributed by atoms with Gasteiger partial charge in [0.05, 0.1) is 17.1 Å². The minimum atomic E-state index is 0.451. The maximum absolute atomic E-state index is 5.54. The first-order valence-corrected chi connectivity index (χ1v) is 5.75. The van der Waals surface area contributed by atoms with Gasteiger partial charge in [-0.05, 0) is 28.1 Å². The molecule has 1 aromatic heterocycles. The second-order valence-corrected chi connectivity index (χ2v) is 4.63. The Hall–Kier alpha value is -1.14. The highest BCUT2D eigenvalue weighted by molar-refractivity contribution is 9.10. The second-order valence-electron chi connectivity index (χ2n) is 2.77. The molecule has 0 amide bonds. The van der Waals surface area contributed by atoms with E-state index in [9.17, 15) is 0 Å². The van der Waals surface area contributed by atoms with E-state index >= 15 is 0 Å². The van der Waals surface area contributed by atoms with Crippen LogP contribution >= 0.6 is 27.3 Å². The van der Waals surface area contributed by atoms with Crippen LogP contribution in [0.5, 0.6) is 5.75 Å². The van der Waals surface area contributed by atoms with Gasteiger partial charge in [0.2, 0.25) is 5.13 Å². The minimum Gasteiger partial charge on any atom is -0.495 e. The zero-order chi connectivity index (χ0) is 10.8. The third kappa shape index (κ3) is 1.95. The van der Waals surface area contributed by atoms with Crippen molar-refractivity contribution in [3.63, 3.8) is 0 Å². The molecule has 0 unspecified atom stereocenters. The van der Waals surface area contributed by atoms with Gasteiger partial charge < -0.3 is 10.5 Å². The molecule has 15 heavy (non-hydrogen) atoms. The molecule has 0 aliphatic rings. The Morgan fingerprint density at radius 2 is 2.20 bits per heavy atom. The molecule has 0 fully saturated rings. The van der Waals surface area contributed by atoms with Gasteiger partial charge in [-0.3, -0.25) is 0 Å². The number of benzene rings is 1. The van der Waals surface area contributed by atoms with Crippen molar-refractivity contribution in [3.05, 3.63) is 22.7 Å². The summed E-state index contributed by atoms with van der Waals surface area (Å²) in [5.74, 6) is 0.744. The number of hydrogen-bond acceptors (Lipinski definition) is 5. The average Bonchev–Trinajstić information content (AvgIpc) is 2.64. The largest absolute Gasteiger partial charge is 0.495 e. The number of methoxy groups -OCH3 is 1. The third-order valence-corrected chi connectivity index (χ3v) is 3.25. The smallest absolute Gasteiger partial charge is 0.203 e. The Balaban J connectivity index is 2.57. The van der Waals surface area contributed by atoms with Gasteiger partial charge >= 0.3 is 0 Å². The molecule has 0 spiro atoms. The van der Waals surface area contributed by atoms with Crippen LogP contribution < -0.4 is 10.5 Å². The summed E-state index contributed by atoms with van der Waals surface area (Å²) in [4.78, 5) is 0. The van der Waals surface area contributed by atoms with Crippen molar-refractivity contribution in [1.82, 2.24) is 10.2 Å². The maximum atomic E-state index is 5.54. The summed E-state index contributed by atoms with van der Waals surface area (Å²) in [5.41, 5.74) is 6.43. The quantitative estimate of drug-likeness (QED) is 0.921. The van der Waals surface area contributed by atoms with Crippen LogP contribution in [0.25, 0.3) is 10.6 Å². The normalized spacial score (nSPS) is 10.3. The fourth-order valence-electron chi connectivity index (χ4n) is 1.23. The summed E-state index contributed by atoms with van der Waals surface area (Å²) in [5, 5.41) is 8.96. The molecule has 78 valence electrons. The van der Waals surface area contributed by atoms with E-state index in [1.165, 1.54) is 11.3 Å². The molecular weight excluding hydrogens is 278 g/mol. The summed E-state index contributed by atoms with van der Waals surface area (Å²) >= 11 is 4.75. The van der Waals surface area contributed by atoms with Crippen LogP contribution in [0.15, 0.2) is 22.7 Å². The predicted octanol–water partition coefficient (Wildman–Crippen LogP) is 2.56. The summed E-state index contributed by atoms with van der Waals surface area (Å²) in [7, 11) is 1.62. The number of para-hydroxylation sites is 1. The molecule has 0 aliphatic carbocycles. The zero-order valence-electron chi connectivity index (χ0n) is 7.90. The van der Waals surface area contributed by atoms with Gasteiger partial charge in [-0.1, -0.05) is 17.4 Å². The molecule has 2 rings (SSSR count). The molecule has 0 saturated heterocycles. The first-order valence-electron chi connectivity index (χ1n) is 4.14. The van der Waals surface area contributed by atoms with E-state index < -0.39 is 0 Å². The summed E-state index contributed by atoms with van der Waals surface area (Å²) in [6, 6.07) is 5.75. The lowest BCUT2D eigenvalue weighted by molar-refractivity contribution is 0.414. The number of rotatable bonds is 2. The van der Waals surface area contributed by atoms with Gasteiger partial charge in [0, 0.05) is 0 Å². The van der Waals surface area contributed by atoms with E-state index in [0.717, 1.165) is 20.8 Å². The van der Waals surface area contributed by atoms with Crippen LogP contribution in [0, 0.1) is 0 Å². The zero-order valence-corrected chi connectivity index (χ0v) is 10.3. The Morgan fingerprint density at radius 1 is 1.40 bits per heavy atom. The summed E-state index contributed by atoms with van der Waals surface area (Å²) < 4.78 is 6.18. The number of halogens is 1. The van der Waals surface area contributed by atoms with E-state index in [2.05, 4.69) is 26.1 Å². The lowest BCUT2D eigenvalue weighted by atomic mass is 10.2. The van der Waals surface area contributed by atoms with Crippen LogP contribution in [0.4, 0.5) is 5.13 Å². The molecule has 0 bridgehead atoms. The van der Waals surface area contributed by atoms with Crippen molar-refractivity contribution in [1.29, 1.82) is 0 Å². The Kier molecular flexibility index (Phi) is 2.88. The highest BCUT2D eigenvalue weighted by Gasteiger charge is 2.12. The summed E-state index contributed by atoms with van der Waals surface area (Å²) in [6.45, 7) is 0. The predicted molar refractivity (Wildman–Crippen MR) is 64.0 cm³/mol. The van der Waals surface area contributed by atoms with E-state index in [0.29, 0.717) is 5.13 Å². The van der Waals surface area contributed by atoms with Crippen molar-refractivity contribution in [2.75, 3.05) is 12.8 Å². The highest BCUT2D eigenvalue weighted by Crippen LogP contribution is 2.37. The van der Waals surface area contributed by atoms with E-state index in [4.69, 9.17) is 10.5 Å².